The number of hydrogen-bond donors (Lipinski definition) is 1. The number of hydrogen-bond acceptors (Lipinski definition) is 3. The minimum Gasteiger partial charge on any atom is -0.496 e. The molecule has 1 aromatic carbocycles. The fourth-order valence-electron chi connectivity index (χ4n) is 1.52. The topological polar surface area (TPSA) is 32.7 Å². The van der Waals surface area contributed by atoms with Crippen molar-refractivity contribution in [1.29, 1.82) is 0 Å². The summed E-state index contributed by atoms with van der Waals surface area (Å²) in [5, 5.41) is 9.49. The maximum atomic E-state index is 9.49. The van der Waals surface area contributed by atoms with E-state index in [0.717, 1.165) is 23.4 Å². The van der Waals surface area contributed by atoms with E-state index in [4.69, 9.17) is 4.74 Å². The van der Waals surface area contributed by atoms with Gasteiger partial charge in [-0.3, -0.25) is 0 Å². The van der Waals surface area contributed by atoms with Crippen LogP contribution in [0.5, 0.6) is 5.75 Å². The molecule has 0 fully saturated rings. The summed E-state index contributed by atoms with van der Waals surface area (Å²) in [6, 6.07) is 5.78. The second-order valence-corrected chi connectivity index (χ2v) is 3.99. The third-order valence-corrected chi connectivity index (χ3v) is 2.27. The summed E-state index contributed by atoms with van der Waals surface area (Å²) in [6.07, 6.45) is -0.434. The van der Waals surface area contributed by atoms with Crippen molar-refractivity contribution in [2.75, 3.05) is 21.2 Å². The first-order chi connectivity index (χ1) is 7.04. The van der Waals surface area contributed by atoms with Crippen LogP contribution >= 0.6 is 0 Å². The van der Waals surface area contributed by atoms with Gasteiger partial charge in [0, 0.05) is 12.1 Å². The predicted molar refractivity (Wildman–Crippen MR) is 61.0 cm³/mol. The lowest BCUT2D eigenvalue weighted by molar-refractivity contribution is 0.199. The zero-order chi connectivity index (χ0) is 11.4. The zero-order valence-electron chi connectivity index (χ0n) is 9.82. The molecule has 1 atom stereocenters. The van der Waals surface area contributed by atoms with Gasteiger partial charge in [0.25, 0.3) is 0 Å². The lowest BCUT2D eigenvalue weighted by Crippen LogP contribution is -2.12. The van der Waals surface area contributed by atoms with Gasteiger partial charge in [0.1, 0.15) is 5.75 Å². The summed E-state index contributed by atoms with van der Waals surface area (Å²) in [7, 11) is 5.68. The number of nitrogens with zero attached hydrogens (tertiary/aromatic N) is 1. The molecule has 3 nitrogen and oxygen atoms in total. The average molecular weight is 209 g/mol. The zero-order valence-corrected chi connectivity index (χ0v) is 9.82. The smallest absolute Gasteiger partial charge is 0.123 e. The van der Waals surface area contributed by atoms with E-state index in [0.29, 0.717) is 0 Å². The van der Waals surface area contributed by atoms with Crippen molar-refractivity contribution in [1.82, 2.24) is 4.90 Å². The lowest BCUT2D eigenvalue weighted by atomic mass is 10.1. The Hall–Kier alpha value is -1.06. The molecule has 1 aromatic rings. The van der Waals surface area contributed by atoms with Gasteiger partial charge >= 0.3 is 0 Å². The van der Waals surface area contributed by atoms with E-state index in [1.165, 1.54) is 0 Å². The van der Waals surface area contributed by atoms with Gasteiger partial charge in [0.05, 0.1) is 13.2 Å². The van der Waals surface area contributed by atoms with Crippen LogP contribution in [-0.4, -0.2) is 31.2 Å². The number of methoxy groups -OCH3 is 1. The largest absolute Gasteiger partial charge is 0.496 e. The third-order valence-electron chi connectivity index (χ3n) is 2.27. The number of aliphatic hydroxyl groups excluding tert-OH is 1. The summed E-state index contributed by atoms with van der Waals surface area (Å²) in [5.74, 6) is 0.869. The van der Waals surface area contributed by atoms with Crippen LogP contribution in [0.15, 0.2) is 18.2 Å². The maximum Gasteiger partial charge on any atom is 0.123 e. The van der Waals surface area contributed by atoms with Crippen LogP contribution < -0.4 is 4.74 Å². The molecule has 1 rings (SSSR count). The fraction of sp³-hybridized carbons (Fsp3) is 0.500. The molecule has 1 N–H and O–H groups in total. The number of ether oxygens (including phenoxy) is 1. The monoisotopic (exact) mass is 209 g/mol. The molecule has 1 unspecified atom stereocenters. The van der Waals surface area contributed by atoms with Gasteiger partial charge in [-0.15, -0.1) is 0 Å². The summed E-state index contributed by atoms with van der Waals surface area (Å²) in [4.78, 5) is 2.07. The van der Waals surface area contributed by atoms with Crippen LogP contribution in [0.1, 0.15) is 24.2 Å². The van der Waals surface area contributed by atoms with Gasteiger partial charge in [-0.1, -0.05) is 6.07 Å². The lowest BCUT2D eigenvalue weighted by Gasteiger charge is -2.15. The summed E-state index contributed by atoms with van der Waals surface area (Å²) in [6.45, 7) is 2.57. The Morgan fingerprint density at radius 2 is 2.07 bits per heavy atom. The van der Waals surface area contributed by atoms with E-state index in [9.17, 15) is 5.11 Å². The predicted octanol–water partition coefficient (Wildman–Crippen LogP) is 1.81. The van der Waals surface area contributed by atoms with Crippen molar-refractivity contribution < 1.29 is 9.84 Å². The normalized spacial score (nSPS) is 12.9. The summed E-state index contributed by atoms with van der Waals surface area (Å²) >= 11 is 0. The molecule has 0 saturated carbocycles. The highest BCUT2D eigenvalue weighted by Gasteiger charge is 2.08. The number of aliphatic hydroxyl groups is 1. The highest BCUT2D eigenvalue weighted by molar-refractivity contribution is 5.37. The molecule has 0 amide bonds. The van der Waals surface area contributed by atoms with Crippen molar-refractivity contribution >= 4 is 0 Å². The molecule has 0 heterocycles. The molecule has 0 saturated heterocycles. The molecule has 0 spiro atoms. The highest BCUT2D eigenvalue weighted by Crippen LogP contribution is 2.23. The van der Waals surface area contributed by atoms with Gasteiger partial charge in [-0.25, -0.2) is 0 Å². The van der Waals surface area contributed by atoms with Crippen LogP contribution in [0.25, 0.3) is 0 Å². The van der Waals surface area contributed by atoms with E-state index >= 15 is 0 Å². The number of rotatable bonds is 4. The van der Waals surface area contributed by atoms with Crippen molar-refractivity contribution in [2.45, 2.75) is 19.6 Å². The first-order valence-electron chi connectivity index (χ1n) is 5.04. The second-order valence-electron chi connectivity index (χ2n) is 3.99. The molecular formula is C12H19NO2. The van der Waals surface area contributed by atoms with Crippen LogP contribution in [-0.2, 0) is 6.54 Å². The SMILES string of the molecule is COc1ccc(C(C)O)cc1CN(C)C. The van der Waals surface area contributed by atoms with E-state index in [2.05, 4.69) is 4.90 Å². The molecule has 0 bridgehead atoms. The van der Waals surface area contributed by atoms with Crippen molar-refractivity contribution in [2.24, 2.45) is 0 Å². The van der Waals surface area contributed by atoms with Crippen LogP contribution in [0.4, 0.5) is 0 Å². The molecule has 0 aliphatic heterocycles. The molecule has 15 heavy (non-hydrogen) atoms. The minimum atomic E-state index is -0.434. The van der Waals surface area contributed by atoms with Crippen molar-refractivity contribution in [3.8, 4) is 5.75 Å². The Kier molecular flexibility index (Phi) is 4.12. The highest BCUT2D eigenvalue weighted by atomic mass is 16.5. The van der Waals surface area contributed by atoms with E-state index in [1.807, 2.05) is 32.3 Å². The Labute approximate surface area is 91.3 Å². The van der Waals surface area contributed by atoms with Crippen LogP contribution in [0, 0.1) is 0 Å². The Bertz CT molecular complexity index is 321. The summed E-state index contributed by atoms with van der Waals surface area (Å²) in [5.41, 5.74) is 2.02. The quantitative estimate of drug-likeness (QED) is 0.821. The minimum absolute atomic E-state index is 0.434. The van der Waals surface area contributed by atoms with Gasteiger partial charge in [-0.2, -0.15) is 0 Å². The van der Waals surface area contributed by atoms with E-state index in [1.54, 1.807) is 14.0 Å². The standard InChI is InChI=1S/C12H19NO2/c1-9(14)10-5-6-12(15-4)11(7-10)8-13(2)3/h5-7,9,14H,8H2,1-4H3. The second kappa shape index (κ2) is 5.14. The van der Waals surface area contributed by atoms with Gasteiger partial charge in [0.2, 0.25) is 0 Å². The molecule has 3 heteroatoms. The average Bonchev–Trinajstić information content (AvgIpc) is 2.16. The summed E-state index contributed by atoms with van der Waals surface area (Å²) < 4.78 is 5.27. The van der Waals surface area contributed by atoms with Crippen molar-refractivity contribution in [3.05, 3.63) is 29.3 Å². The third kappa shape index (κ3) is 3.22. The Balaban J connectivity index is 3.02. The Morgan fingerprint density at radius 1 is 1.40 bits per heavy atom. The van der Waals surface area contributed by atoms with Crippen LogP contribution in [0.3, 0.4) is 0 Å². The molecule has 0 radical (unpaired) electrons. The number of benzene rings is 1. The molecule has 0 aliphatic carbocycles. The first kappa shape index (κ1) is 12.0. The first-order valence-corrected chi connectivity index (χ1v) is 5.04. The van der Waals surface area contributed by atoms with Crippen LogP contribution in [0.2, 0.25) is 0 Å². The van der Waals surface area contributed by atoms with E-state index in [-0.39, 0.29) is 0 Å². The molecule has 84 valence electrons. The Morgan fingerprint density at radius 3 is 2.53 bits per heavy atom. The van der Waals surface area contributed by atoms with E-state index < -0.39 is 6.10 Å². The molecule has 0 aromatic heterocycles. The van der Waals surface area contributed by atoms with Gasteiger partial charge in [0.15, 0.2) is 0 Å². The van der Waals surface area contributed by atoms with Gasteiger partial charge in [-0.05, 0) is 38.7 Å². The maximum absolute atomic E-state index is 9.49. The fourth-order valence-corrected chi connectivity index (χ4v) is 1.52. The molecular weight excluding hydrogens is 190 g/mol. The molecule has 0 aliphatic rings. The van der Waals surface area contributed by atoms with Gasteiger partial charge < -0.3 is 14.7 Å². The van der Waals surface area contributed by atoms with Crippen molar-refractivity contribution in [3.63, 3.8) is 0 Å².